The second kappa shape index (κ2) is 7.79. The Morgan fingerprint density at radius 1 is 0.639 bits per heavy atom. The Labute approximate surface area is 218 Å². The fourth-order valence-corrected chi connectivity index (χ4v) is 5.26. The number of para-hydroxylation sites is 1. The van der Waals surface area contributed by atoms with Crippen LogP contribution in [0.1, 0.15) is 24.9 Å². The molecule has 7 aromatic rings. The first-order valence-corrected chi connectivity index (χ1v) is 11.9. The lowest BCUT2D eigenvalue weighted by molar-refractivity contribution is 0.674. The lowest BCUT2D eigenvalue weighted by Gasteiger charge is -2.12. The fourth-order valence-electron chi connectivity index (χ4n) is 5.26. The van der Waals surface area contributed by atoms with Gasteiger partial charge in [-0.05, 0) is 77.2 Å². The fraction of sp³-hybridized carbons (Fsp3) is 0.0882. The molecule has 0 unspecified atom stereocenters. The summed E-state index contributed by atoms with van der Waals surface area (Å²) in [6.45, 7) is -3.11. The summed E-state index contributed by atoms with van der Waals surface area (Å²) >= 11 is 0. The van der Waals surface area contributed by atoms with E-state index in [-0.39, 0.29) is 11.1 Å². The van der Waals surface area contributed by atoms with Gasteiger partial charge in [0.2, 0.25) is 0 Å². The highest BCUT2D eigenvalue weighted by Crippen LogP contribution is 2.41. The van der Waals surface area contributed by atoms with Gasteiger partial charge in [-0.2, -0.15) is 0 Å². The zero-order valence-electron chi connectivity index (χ0n) is 25.6. The van der Waals surface area contributed by atoms with Crippen LogP contribution in [0.15, 0.2) is 102 Å². The van der Waals surface area contributed by atoms with E-state index in [2.05, 4.69) is 41.4 Å². The predicted molar refractivity (Wildman–Crippen MR) is 152 cm³/mol. The van der Waals surface area contributed by atoms with Crippen molar-refractivity contribution in [3.05, 3.63) is 114 Å². The highest BCUT2D eigenvalue weighted by atomic mass is 16.3. The SMILES string of the molecule is [2H]C([2H])([2H])c1cnc(-c2cccc3c2oc2c3ccc3ccc4ccccc4c32)cc1-c1ccc(C)cc1C([2H])([2H])[2H]. The predicted octanol–water partition coefficient (Wildman–Crippen LogP) is 9.55. The summed E-state index contributed by atoms with van der Waals surface area (Å²) in [7, 11) is 0. The third-order valence-corrected chi connectivity index (χ3v) is 7.02. The molecule has 2 heterocycles. The number of fused-ring (bicyclic) bond motifs is 7. The molecule has 0 aliphatic rings. The van der Waals surface area contributed by atoms with E-state index >= 15 is 0 Å². The monoisotopic (exact) mass is 469 g/mol. The topological polar surface area (TPSA) is 26.0 Å². The first kappa shape index (κ1) is 15.5. The molecular formula is C34H25NO. The Morgan fingerprint density at radius 3 is 2.36 bits per heavy atom. The first-order valence-electron chi connectivity index (χ1n) is 14.9. The van der Waals surface area contributed by atoms with Crippen LogP contribution in [-0.4, -0.2) is 4.98 Å². The quantitative estimate of drug-likeness (QED) is 0.236. The van der Waals surface area contributed by atoms with Crippen molar-refractivity contribution in [2.24, 2.45) is 0 Å². The van der Waals surface area contributed by atoms with E-state index in [1.807, 2.05) is 37.3 Å². The molecule has 2 nitrogen and oxygen atoms in total. The smallest absolute Gasteiger partial charge is 0.144 e. The normalized spacial score (nSPS) is 14.9. The number of benzene rings is 5. The molecule has 0 spiro atoms. The summed E-state index contributed by atoms with van der Waals surface area (Å²) in [6.07, 6.45) is 1.34. The minimum Gasteiger partial charge on any atom is -0.455 e. The molecule has 0 aliphatic carbocycles. The number of hydrogen-bond donors (Lipinski definition) is 0. The van der Waals surface area contributed by atoms with E-state index in [1.165, 1.54) is 6.20 Å². The van der Waals surface area contributed by atoms with Crippen LogP contribution in [0.25, 0.3) is 65.9 Å². The van der Waals surface area contributed by atoms with Crippen molar-refractivity contribution >= 4 is 43.5 Å². The largest absolute Gasteiger partial charge is 0.455 e. The molecule has 0 N–H and O–H groups in total. The molecule has 5 aromatic carbocycles. The lowest BCUT2D eigenvalue weighted by atomic mass is 9.94. The van der Waals surface area contributed by atoms with Gasteiger partial charge in [-0.15, -0.1) is 0 Å². The van der Waals surface area contributed by atoms with Crippen LogP contribution in [-0.2, 0) is 0 Å². The molecule has 0 bridgehead atoms. The van der Waals surface area contributed by atoms with E-state index in [0.717, 1.165) is 43.5 Å². The van der Waals surface area contributed by atoms with Gasteiger partial charge in [0.05, 0.1) is 5.69 Å². The summed E-state index contributed by atoms with van der Waals surface area (Å²) in [5.41, 5.74) is 4.14. The summed E-state index contributed by atoms with van der Waals surface area (Å²) in [6, 6.07) is 29.2. The van der Waals surface area contributed by atoms with Gasteiger partial charge in [0.25, 0.3) is 0 Å². The van der Waals surface area contributed by atoms with Crippen LogP contribution in [0.4, 0.5) is 0 Å². The summed E-state index contributed by atoms with van der Waals surface area (Å²) in [4.78, 5) is 4.58. The number of nitrogens with zero attached hydrogens (tertiary/aromatic N) is 1. The molecule has 0 saturated carbocycles. The van der Waals surface area contributed by atoms with Crippen molar-refractivity contribution in [1.82, 2.24) is 4.98 Å². The van der Waals surface area contributed by atoms with Crippen LogP contribution in [0.5, 0.6) is 0 Å². The van der Waals surface area contributed by atoms with Gasteiger partial charge in [0.1, 0.15) is 11.2 Å². The van der Waals surface area contributed by atoms with Crippen LogP contribution in [0, 0.1) is 20.6 Å². The molecule has 0 aliphatic heterocycles. The maximum atomic E-state index is 8.19. The van der Waals surface area contributed by atoms with E-state index in [1.54, 1.807) is 24.3 Å². The maximum Gasteiger partial charge on any atom is 0.144 e. The van der Waals surface area contributed by atoms with Crippen LogP contribution in [0.3, 0.4) is 0 Å². The van der Waals surface area contributed by atoms with Gasteiger partial charge >= 0.3 is 0 Å². The average molecular weight is 470 g/mol. The second-order valence-corrected chi connectivity index (χ2v) is 9.28. The van der Waals surface area contributed by atoms with Crippen molar-refractivity contribution in [3.63, 3.8) is 0 Å². The lowest BCUT2D eigenvalue weighted by Crippen LogP contribution is -1.92. The van der Waals surface area contributed by atoms with Gasteiger partial charge in [-0.1, -0.05) is 78.4 Å². The third-order valence-electron chi connectivity index (χ3n) is 7.02. The molecule has 0 fully saturated rings. The van der Waals surface area contributed by atoms with Gasteiger partial charge < -0.3 is 4.42 Å². The van der Waals surface area contributed by atoms with Crippen molar-refractivity contribution in [1.29, 1.82) is 0 Å². The van der Waals surface area contributed by atoms with E-state index in [4.69, 9.17) is 12.6 Å². The Bertz CT molecular complexity index is 2190. The highest BCUT2D eigenvalue weighted by Gasteiger charge is 2.17. The number of furan rings is 1. The molecule has 36 heavy (non-hydrogen) atoms. The minimum absolute atomic E-state index is 0.00477. The van der Waals surface area contributed by atoms with Crippen molar-refractivity contribution < 1.29 is 12.6 Å². The first-order chi connectivity index (χ1) is 20.0. The van der Waals surface area contributed by atoms with Gasteiger partial charge in [0, 0.05) is 36.1 Å². The molecule has 0 saturated heterocycles. The van der Waals surface area contributed by atoms with Gasteiger partial charge in [-0.25, -0.2) is 0 Å². The summed E-state index contributed by atoms with van der Waals surface area (Å²) in [5.74, 6) is 0. The highest BCUT2D eigenvalue weighted by molar-refractivity contribution is 6.23. The number of hydrogen-bond acceptors (Lipinski definition) is 2. The van der Waals surface area contributed by atoms with Gasteiger partial charge in [-0.3, -0.25) is 4.98 Å². The average Bonchev–Trinajstić information content (AvgIpc) is 3.35. The van der Waals surface area contributed by atoms with Crippen molar-refractivity contribution in [3.8, 4) is 22.4 Å². The number of aromatic nitrogens is 1. The molecule has 0 radical (unpaired) electrons. The van der Waals surface area contributed by atoms with E-state index in [9.17, 15) is 0 Å². The van der Waals surface area contributed by atoms with Crippen LogP contribution < -0.4 is 0 Å². The Balaban J connectivity index is 1.52. The molecule has 172 valence electrons. The maximum absolute atomic E-state index is 8.19. The third kappa shape index (κ3) is 3.08. The summed E-state index contributed by atoms with van der Waals surface area (Å²) in [5, 5.41) is 6.20. The Kier molecular flexibility index (Phi) is 3.36. The number of pyridine rings is 1. The van der Waals surface area contributed by atoms with E-state index < -0.39 is 13.7 Å². The van der Waals surface area contributed by atoms with Crippen molar-refractivity contribution in [2.75, 3.05) is 0 Å². The Morgan fingerprint density at radius 2 is 1.44 bits per heavy atom. The number of rotatable bonds is 2. The molecular weight excluding hydrogens is 438 g/mol. The van der Waals surface area contributed by atoms with Crippen LogP contribution in [0.2, 0.25) is 0 Å². The van der Waals surface area contributed by atoms with E-state index in [0.29, 0.717) is 28.0 Å². The molecule has 2 aromatic heterocycles. The standard InChI is InChI=1S/C34H25NO/c1-20-11-15-25(21(2)17-20)30-18-31(35-19-22(30)3)29-10-6-9-27-28-16-14-24-13-12-23-7-4-5-8-26(23)32(24)34(28)36-33(27)29/h4-19H,1-3H3/i2D3,3D3. The van der Waals surface area contributed by atoms with Crippen LogP contribution >= 0.6 is 0 Å². The zero-order valence-corrected chi connectivity index (χ0v) is 19.6. The summed E-state index contributed by atoms with van der Waals surface area (Å²) < 4.78 is 55.7. The molecule has 0 amide bonds. The molecule has 2 heteroatoms. The number of aryl methyl sites for hydroxylation is 3. The van der Waals surface area contributed by atoms with Gasteiger partial charge in [0.15, 0.2) is 0 Å². The second-order valence-electron chi connectivity index (χ2n) is 9.28. The van der Waals surface area contributed by atoms with Crippen molar-refractivity contribution in [2.45, 2.75) is 20.6 Å². The molecule has 7 rings (SSSR count). The Hall–Kier alpha value is -4.43. The molecule has 0 atom stereocenters. The minimum atomic E-state index is -2.50. The zero-order chi connectivity index (χ0) is 29.4.